The Labute approximate surface area is 138 Å². The molecule has 0 radical (unpaired) electrons. The van der Waals surface area contributed by atoms with Crippen LogP contribution in [0.5, 0.6) is 5.75 Å². The summed E-state index contributed by atoms with van der Waals surface area (Å²) in [6, 6.07) is 3.25. The van der Waals surface area contributed by atoms with Gasteiger partial charge in [-0.05, 0) is 31.9 Å². The van der Waals surface area contributed by atoms with Crippen LogP contribution in [0.15, 0.2) is 18.2 Å². The van der Waals surface area contributed by atoms with Gasteiger partial charge in [0.25, 0.3) is 6.47 Å². The summed E-state index contributed by atoms with van der Waals surface area (Å²) in [6.07, 6.45) is 3.08. The molecule has 0 saturated carbocycles. The lowest BCUT2D eigenvalue weighted by Crippen LogP contribution is -1.94. The summed E-state index contributed by atoms with van der Waals surface area (Å²) >= 11 is 0. The summed E-state index contributed by atoms with van der Waals surface area (Å²) in [7, 11) is 1.31. The normalized spacial score (nSPS) is 14.2. The fraction of sp³-hybridized carbons (Fsp3) is 0.588. The van der Waals surface area contributed by atoms with E-state index in [1.165, 1.54) is 26.0 Å². The molecule has 23 heavy (non-hydrogen) atoms. The third-order valence-corrected chi connectivity index (χ3v) is 2.18. The van der Waals surface area contributed by atoms with E-state index in [0.717, 1.165) is 18.7 Å². The van der Waals surface area contributed by atoms with E-state index in [0.29, 0.717) is 12.6 Å². The van der Waals surface area contributed by atoms with Crippen LogP contribution < -0.4 is 0 Å². The molecule has 1 unspecified atom stereocenters. The Balaban J connectivity index is -0.000000250. The van der Waals surface area contributed by atoms with Gasteiger partial charge in [-0.2, -0.15) is 4.39 Å². The van der Waals surface area contributed by atoms with Crippen LogP contribution in [0.2, 0.25) is 0 Å². The standard InChI is InChI=1S/C6H4F2O.C5H10O.C2H4O2.2C2H6/c7-4-2-1-3-5(9)6(4)8;1-5-3-2-4-6-5;1-4-2-3;2*1-2/h1-3,9H;5H,2-4H2,1H3;2H,1H3;2*1-2H3. The first-order valence-electron chi connectivity index (χ1n) is 7.74. The lowest BCUT2D eigenvalue weighted by Gasteiger charge is -1.94. The molecular formula is C17H30F2O4. The van der Waals surface area contributed by atoms with Crippen LogP contribution >= 0.6 is 0 Å². The van der Waals surface area contributed by atoms with E-state index in [9.17, 15) is 8.78 Å². The third kappa shape index (κ3) is 16.5. The molecule has 1 atom stereocenters. The molecule has 136 valence electrons. The topological polar surface area (TPSA) is 55.8 Å². The second kappa shape index (κ2) is 20.3. The first kappa shape index (κ1) is 26.2. The van der Waals surface area contributed by atoms with Crippen LogP contribution in [-0.2, 0) is 14.3 Å². The second-order valence-corrected chi connectivity index (χ2v) is 3.73. The van der Waals surface area contributed by atoms with Crippen LogP contribution in [0, 0.1) is 11.6 Å². The highest BCUT2D eigenvalue weighted by Crippen LogP contribution is 2.16. The number of aromatic hydroxyl groups is 1. The molecular weight excluding hydrogens is 306 g/mol. The van der Waals surface area contributed by atoms with Crippen molar-refractivity contribution in [2.24, 2.45) is 0 Å². The van der Waals surface area contributed by atoms with Gasteiger partial charge in [0.05, 0.1) is 13.2 Å². The predicted octanol–water partition coefficient (Wildman–Crippen LogP) is 4.70. The van der Waals surface area contributed by atoms with Crippen LogP contribution in [-0.4, -0.2) is 31.4 Å². The Bertz CT molecular complexity index is 347. The van der Waals surface area contributed by atoms with E-state index in [1.54, 1.807) is 0 Å². The van der Waals surface area contributed by atoms with E-state index >= 15 is 0 Å². The number of halogens is 2. The Morgan fingerprint density at radius 2 is 1.78 bits per heavy atom. The molecule has 0 aliphatic carbocycles. The maximum absolute atomic E-state index is 12.1. The van der Waals surface area contributed by atoms with E-state index < -0.39 is 17.4 Å². The smallest absolute Gasteiger partial charge is 0.292 e. The lowest BCUT2D eigenvalue weighted by atomic mass is 10.3. The monoisotopic (exact) mass is 336 g/mol. The van der Waals surface area contributed by atoms with Gasteiger partial charge in [0, 0.05) is 6.61 Å². The van der Waals surface area contributed by atoms with Crippen molar-refractivity contribution in [2.45, 2.75) is 53.6 Å². The Kier molecular flexibility index (Phi) is 23.2. The Hall–Kier alpha value is -1.69. The van der Waals surface area contributed by atoms with Crippen LogP contribution in [0.1, 0.15) is 47.5 Å². The van der Waals surface area contributed by atoms with Crippen molar-refractivity contribution >= 4 is 6.47 Å². The maximum Gasteiger partial charge on any atom is 0.292 e. The van der Waals surface area contributed by atoms with Crippen molar-refractivity contribution < 1.29 is 28.2 Å². The van der Waals surface area contributed by atoms with Gasteiger partial charge in [-0.25, -0.2) is 4.39 Å². The minimum atomic E-state index is -1.20. The van der Waals surface area contributed by atoms with Gasteiger partial charge < -0.3 is 14.6 Å². The third-order valence-electron chi connectivity index (χ3n) is 2.18. The quantitative estimate of drug-likeness (QED) is 0.755. The highest BCUT2D eigenvalue weighted by molar-refractivity contribution is 5.36. The molecule has 4 nitrogen and oxygen atoms in total. The fourth-order valence-corrected chi connectivity index (χ4v) is 1.23. The van der Waals surface area contributed by atoms with E-state index in [4.69, 9.17) is 14.6 Å². The summed E-state index contributed by atoms with van der Waals surface area (Å²) in [4.78, 5) is 8.95. The Morgan fingerprint density at radius 1 is 1.26 bits per heavy atom. The number of carbonyl (C=O) groups excluding carboxylic acids is 1. The number of hydrogen-bond donors (Lipinski definition) is 1. The lowest BCUT2D eigenvalue weighted by molar-refractivity contribution is -0.126. The summed E-state index contributed by atoms with van der Waals surface area (Å²) in [5.74, 6) is -2.89. The average molecular weight is 336 g/mol. The first-order chi connectivity index (χ1) is 11.0. The van der Waals surface area contributed by atoms with Crippen molar-refractivity contribution in [1.29, 1.82) is 0 Å². The van der Waals surface area contributed by atoms with E-state index in [-0.39, 0.29) is 0 Å². The molecule has 1 aliphatic heterocycles. The van der Waals surface area contributed by atoms with Gasteiger partial charge in [0.2, 0.25) is 0 Å². The number of rotatable bonds is 1. The summed E-state index contributed by atoms with van der Waals surface area (Å²) < 4.78 is 33.2. The summed E-state index contributed by atoms with van der Waals surface area (Å²) in [5.41, 5.74) is 0. The number of benzene rings is 1. The molecule has 0 amide bonds. The van der Waals surface area contributed by atoms with Gasteiger partial charge in [-0.15, -0.1) is 0 Å². The van der Waals surface area contributed by atoms with Gasteiger partial charge in [0.1, 0.15) is 0 Å². The van der Waals surface area contributed by atoms with E-state index in [2.05, 4.69) is 11.7 Å². The second-order valence-electron chi connectivity index (χ2n) is 3.73. The SMILES string of the molecule is CC.CC.CC1CCCO1.COC=O.Oc1cccc(F)c1F. The molecule has 1 aromatic rings. The number of phenols is 1. The predicted molar refractivity (Wildman–Crippen MR) is 88.4 cm³/mol. The zero-order valence-corrected chi connectivity index (χ0v) is 14.9. The van der Waals surface area contributed by atoms with Crippen LogP contribution in [0.4, 0.5) is 8.78 Å². The van der Waals surface area contributed by atoms with Crippen molar-refractivity contribution in [3.63, 3.8) is 0 Å². The Morgan fingerprint density at radius 3 is 2.00 bits per heavy atom. The molecule has 6 heteroatoms. The van der Waals surface area contributed by atoms with E-state index in [1.807, 2.05) is 27.7 Å². The van der Waals surface area contributed by atoms with Gasteiger partial charge in [-0.1, -0.05) is 33.8 Å². The fourth-order valence-electron chi connectivity index (χ4n) is 1.23. The van der Waals surface area contributed by atoms with Crippen molar-refractivity contribution in [3.05, 3.63) is 29.8 Å². The number of methoxy groups -OCH3 is 1. The molecule has 1 aliphatic rings. The zero-order chi connectivity index (χ0) is 18.7. The summed E-state index contributed by atoms with van der Waals surface area (Å²) in [6.45, 7) is 11.5. The number of phenolic OH excluding ortho intramolecular Hbond substituents is 1. The van der Waals surface area contributed by atoms with Gasteiger partial charge >= 0.3 is 0 Å². The molecule has 1 saturated heterocycles. The zero-order valence-electron chi connectivity index (χ0n) is 14.9. The highest BCUT2D eigenvalue weighted by atomic mass is 19.2. The molecule has 1 aromatic carbocycles. The largest absolute Gasteiger partial charge is 0.505 e. The van der Waals surface area contributed by atoms with Crippen molar-refractivity contribution in [1.82, 2.24) is 0 Å². The molecule has 0 aromatic heterocycles. The van der Waals surface area contributed by atoms with Gasteiger partial charge in [0.15, 0.2) is 17.4 Å². The molecule has 2 rings (SSSR count). The van der Waals surface area contributed by atoms with Crippen molar-refractivity contribution in [3.8, 4) is 5.75 Å². The average Bonchev–Trinajstić information content (AvgIpc) is 3.08. The number of ether oxygens (including phenoxy) is 2. The molecule has 1 fully saturated rings. The minimum absolute atomic E-state index is 0.375. The highest BCUT2D eigenvalue weighted by Gasteiger charge is 2.07. The molecule has 1 heterocycles. The number of hydrogen-bond acceptors (Lipinski definition) is 4. The van der Waals surface area contributed by atoms with Crippen molar-refractivity contribution in [2.75, 3.05) is 13.7 Å². The summed E-state index contributed by atoms with van der Waals surface area (Å²) in [5, 5.41) is 8.49. The minimum Gasteiger partial charge on any atom is -0.505 e. The van der Waals surface area contributed by atoms with Crippen LogP contribution in [0.25, 0.3) is 0 Å². The van der Waals surface area contributed by atoms with Gasteiger partial charge in [-0.3, -0.25) is 4.79 Å². The number of carbonyl (C=O) groups is 1. The maximum atomic E-state index is 12.1. The molecule has 0 spiro atoms. The van der Waals surface area contributed by atoms with Crippen LogP contribution in [0.3, 0.4) is 0 Å². The molecule has 1 N–H and O–H groups in total. The first-order valence-corrected chi connectivity index (χ1v) is 7.74. The molecule has 0 bridgehead atoms.